The summed E-state index contributed by atoms with van der Waals surface area (Å²) in [4.78, 5) is 23.7. The summed E-state index contributed by atoms with van der Waals surface area (Å²) in [6.45, 7) is 2.47. The number of alkyl carbamates (subject to hydrolysis) is 1. The van der Waals surface area contributed by atoms with Crippen LogP contribution in [-0.2, 0) is 16.1 Å². The van der Waals surface area contributed by atoms with Gasteiger partial charge in [-0.15, -0.1) is 0 Å². The SMILES string of the molecule is CCC1CCCC(CNC(=O)OCc2ccccc2)(C(=O)O)CC1. The number of amides is 1. The lowest BCUT2D eigenvalue weighted by Gasteiger charge is -2.28. The molecule has 1 saturated carbocycles. The van der Waals surface area contributed by atoms with Gasteiger partial charge in [0.05, 0.1) is 5.41 Å². The number of aliphatic carboxylic acids is 1. The van der Waals surface area contributed by atoms with Crippen molar-refractivity contribution in [2.75, 3.05) is 6.54 Å². The van der Waals surface area contributed by atoms with E-state index in [1.807, 2.05) is 30.3 Å². The first-order valence-electron chi connectivity index (χ1n) is 8.73. The smallest absolute Gasteiger partial charge is 0.407 e. The van der Waals surface area contributed by atoms with Crippen LogP contribution in [0, 0.1) is 11.3 Å². The van der Waals surface area contributed by atoms with E-state index in [2.05, 4.69) is 12.2 Å². The number of benzene rings is 1. The average Bonchev–Trinajstić information content (AvgIpc) is 2.82. The van der Waals surface area contributed by atoms with Crippen LogP contribution in [0.15, 0.2) is 30.3 Å². The van der Waals surface area contributed by atoms with Gasteiger partial charge in [-0.3, -0.25) is 4.79 Å². The summed E-state index contributed by atoms with van der Waals surface area (Å²) in [7, 11) is 0. The van der Waals surface area contributed by atoms with Crippen molar-refractivity contribution in [1.82, 2.24) is 5.32 Å². The fourth-order valence-corrected chi connectivity index (χ4v) is 3.37. The molecule has 1 aromatic rings. The molecular formula is C19H27NO4. The van der Waals surface area contributed by atoms with E-state index < -0.39 is 17.5 Å². The summed E-state index contributed by atoms with van der Waals surface area (Å²) in [6, 6.07) is 9.41. The lowest BCUT2D eigenvalue weighted by Crippen LogP contribution is -2.43. The molecule has 2 unspecified atom stereocenters. The summed E-state index contributed by atoms with van der Waals surface area (Å²) in [6.07, 6.45) is 4.62. The van der Waals surface area contributed by atoms with E-state index in [0.717, 1.165) is 31.2 Å². The number of nitrogens with one attached hydrogen (secondary N) is 1. The van der Waals surface area contributed by atoms with Crippen LogP contribution in [0.2, 0.25) is 0 Å². The largest absolute Gasteiger partial charge is 0.481 e. The maximum absolute atomic E-state index is 11.9. The molecule has 2 atom stereocenters. The van der Waals surface area contributed by atoms with Crippen molar-refractivity contribution < 1.29 is 19.4 Å². The number of hydrogen-bond donors (Lipinski definition) is 2. The Morgan fingerprint density at radius 1 is 1.25 bits per heavy atom. The highest BCUT2D eigenvalue weighted by molar-refractivity contribution is 5.76. The second-order valence-corrected chi connectivity index (χ2v) is 6.71. The van der Waals surface area contributed by atoms with Crippen LogP contribution < -0.4 is 5.32 Å². The predicted molar refractivity (Wildman–Crippen MR) is 91.6 cm³/mol. The second kappa shape index (κ2) is 8.71. The minimum absolute atomic E-state index is 0.131. The van der Waals surface area contributed by atoms with Gasteiger partial charge in [-0.25, -0.2) is 4.79 Å². The zero-order valence-corrected chi connectivity index (χ0v) is 14.3. The fourth-order valence-electron chi connectivity index (χ4n) is 3.37. The first-order chi connectivity index (χ1) is 11.6. The Morgan fingerprint density at radius 3 is 2.67 bits per heavy atom. The van der Waals surface area contributed by atoms with Crippen LogP contribution in [0.4, 0.5) is 4.79 Å². The van der Waals surface area contributed by atoms with E-state index in [0.29, 0.717) is 18.8 Å². The molecule has 0 spiro atoms. The van der Waals surface area contributed by atoms with Gasteiger partial charge in [0.1, 0.15) is 6.61 Å². The molecule has 5 heteroatoms. The van der Waals surface area contributed by atoms with Gasteiger partial charge in [0, 0.05) is 6.54 Å². The van der Waals surface area contributed by atoms with Crippen molar-refractivity contribution in [2.45, 2.75) is 52.1 Å². The third-order valence-corrected chi connectivity index (χ3v) is 5.11. The molecule has 1 aliphatic carbocycles. The molecule has 1 aromatic carbocycles. The van der Waals surface area contributed by atoms with Crippen molar-refractivity contribution in [3.63, 3.8) is 0 Å². The van der Waals surface area contributed by atoms with Crippen molar-refractivity contribution >= 4 is 12.1 Å². The molecule has 1 aliphatic rings. The molecule has 24 heavy (non-hydrogen) atoms. The molecule has 0 radical (unpaired) electrons. The van der Waals surface area contributed by atoms with Crippen LogP contribution in [0.3, 0.4) is 0 Å². The highest BCUT2D eigenvalue weighted by Gasteiger charge is 2.40. The van der Waals surface area contributed by atoms with Gasteiger partial charge in [0.2, 0.25) is 0 Å². The number of rotatable bonds is 6. The standard InChI is InChI=1S/C19H27NO4/c1-2-15-9-6-11-19(12-10-15,17(21)22)14-20-18(23)24-13-16-7-4-3-5-8-16/h3-5,7-8,15H,2,6,9-14H2,1H3,(H,20,23)(H,21,22). The number of carboxylic acid groups (broad SMARTS) is 1. The maximum atomic E-state index is 11.9. The number of carbonyl (C=O) groups is 2. The molecular weight excluding hydrogens is 306 g/mol. The highest BCUT2D eigenvalue weighted by atomic mass is 16.5. The monoisotopic (exact) mass is 333 g/mol. The Labute approximate surface area is 143 Å². The van der Waals surface area contributed by atoms with E-state index in [4.69, 9.17) is 4.74 Å². The maximum Gasteiger partial charge on any atom is 0.407 e. The molecule has 5 nitrogen and oxygen atoms in total. The third kappa shape index (κ3) is 4.98. The first kappa shape index (κ1) is 18.3. The minimum atomic E-state index is -0.865. The van der Waals surface area contributed by atoms with Gasteiger partial charge in [-0.2, -0.15) is 0 Å². The fraction of sp³-hybridized carbons (Fsp3) is 0.579. The van der Waals surface area contributed by atoms with Gasteiger partial charge < -0.3 is 15.2 Å². The normalized spacial score (nSPS) is 24.0. The molecule has 1 amide bonds. The Kier molecular flexibility index (Phi) is 6.64. The third-order valence-electron chi connectivity index (χ3n) is 5.11. The lowest BCUT2D eigenvalue weighted by molar-refractivity contribution is -0.149. The van der Waals surface area contributed by atoms with Crippen molar-refractivity contribution in [3.05, 3.63) is 35.9 Å². The molecule has 0 bridgehead atoms. The highest BCUT2D eigenvalue weighted by Crippen LogP contribution is 2.38. The molecule has 0 aliphatic heterocycles. The number of carboxylic acids is 1. The Hall–Kier alpha value is -2.04. The van der Waals surface area contributed by atoms with Gasteiger partial charge >= 0.3 is 12.1 Å². The Morgan fingerprint density at radius 2 is 2.00 bits per heavy atom. The Bertz CT molecular complexity index is 546. The van der Waals surface area contributed by atoms with Crippen LogP contribution in [-0.4, -0.2) is 23.7 Å². The minimum Gasteiger partial charge on any atom is -0.481 e. The topological polar surface area (TPSA) is 75.6 Å². The first-order valence-corrected chi connectivity index (χ1v) is 8.73. The zero-order valence-electron chi connectivity index (χ0n) is 14.3. The predicted octanol–water partition coefficient (Wildman–Crippen LogP) is 3.97. The van der Waals surface area contributed by atoms with Crippen molar-refractivity contribution in [2.24, 2.45) is 11.3 Å². The lowest BCUT2D eigenvalue weighted by atomic mass is 9.80. The quantitative estimate of drug-likeness (QED) is 0.772. The van der Waals surface area contributed by atoms with Crippen molar-refractivity contribution in [3.8, 4) is 0 Å². The van der Waals surface area contributed by atoms with Crippen LogP contribution in [0.25, 0.3) is 0 Å². The molecule has 1 fully saturated rings. The summed E-state index contributed by atoms with van der Waals surface area (Å²) in [5.74, 6) is -0.223. The van der Waals surface area contributed by atoms with E-state index >= 15 is 0 Å². The molecule has 0 saturated heterocycles. The number of ether oxygens (including phenoxy) is 1. The van der Waals surface area contributed by atoms with Gasteiger partial charge in [-0.1, -0.05) is 56.5 Å². The average molecular weight is 333 g/mol. The Balaban J connectivity index is 1.86. The van der Waals surface area contributed by atoms with Crippen LogP contribution in [0.5, 0.6) is 0 Å². The van der Waals surface area contributed by atoms with E-state index in [9.17, 15) is 14.7 Å². The number of hydrogen-bond acceptors (Lipinski definition) is 3. The van der Waals surface area contributed by atoms with E-state index in [1.165, 1.54) is 0 Å². The molecule has 132 valence electrons. The summed E-state index contributed by atoms with van der Waals surface area (Å²) in [5.41, 5.74) is 0.0382. The molecule has 2 N–H and O–H groups in total. The molecule has 0 heterocycles. The van der Waals surface area contributed by atoms with Gasteiger partial charge in [0.15, 0.2) is 0 Å². The van der Waals surface area contributed by atoms with Gasteiger partial charge in [0.25, 0.3) is 0 Å². The molecule has 0 aromatic heterocycles. The van der Waals surface area contributed by atoms with Crippen LogP contribution >= 0.6 is 0 Å². The van der Waals surface area contributed by atoms with Gasteiger partial charge in [-0.05, 0) is 30.7 Å². The molecule has 2 rings (SSSR count). The summed E-state index contributed by atoms with van der Waals surface area (Å²) in [5, 5.41) is 12.4. The second-order valence-electron chi connectivity index (χ2n) is 6.71. The van der Waals surface area contributed by atoms with E-state index in [1.54, 1.807) is 0 Å². The number of carbonyl (C=O) groups excluding carboxylic acids is 1. The summed E-state index contributed by atoms with van der Waals surface area (Å²) >= 11 is 0. The zero-order chi connectivity index (χ0) is 17.4. The summed E-state index contributed by atoms with van der Waals surface area (Å²) < 4.78 is 5.17. The van der Waals surface area contributed by atoms with E-state index in [-0.39, 0.29) is 13.2 Å². The van der Waals surface area contributed by atoms with Crippen molar-refractivity contribution in [1.29, 1.82) is 0 Å². The van der Waals surface area contributed by atoms with Crippen LogP contribution in [0.1, 0.15) is 51.0 Å².